The molecule has 1 saturated carbocycles. The smallest absolute Gasteiger partial charge is 0.261 e. The molecular formula is C31H40FN3O3. The third kappa shape index (κ3) is 6.04. The molecule has 6 nitrogen and oxygen atoms in total. The van der Waals surface area contributed by atoms with Crippen LogP contribution in [0, 0.1) is 11.7 Å². The Morgan fingerprint density at radius 3 is 2.47 bits per heavy atom. The third-order valence-corrected chi connectivity index (χ3v) is 8.39. The zero-order valence-corrected chi connectivity index (χ0v) is 22.5. The van der Waals surface area contributed by atoms with Gasteiger partial charge in [-0.05, 0) is 92.6 Å². The van der Waals surface area contributed by atoms with Crippen LogP contribution in [-0.2, 0) is 16.0 Å². The number of nitrogens with one attached hydrogen (secondary N) is 1. The number of ether oxygens (including phenoxy) is 1. The lowest BCUT2D eigenvalue weighted by Gasteiger charge is -2.39. The Morgan fingerprint density at radius 2 is 1.76 bits per heavy atom. The highest BCUT2D eigenvalue weighted by molar-refractivity contribution is 5.81. The van der Waals surface area contributed by atoms with Gasteiger partial charge >= 0.3 is 0 Å². The number of fused-ring (bicyclic) bond motifs is 1. The molecule has 2 aliphatic heterocycles. The van der Waals surface area contributed by atoms with E-state index in [1.165, 1.54) is 25.0 Å². The van der Waals surface area contributed by atoms with Gasteiger partial charge in [-0.2, -0.15) is 0 Å². The molecule has 2 aromatic carbocycles. The van der Waals surface area contributed by atoms with Crippen molar-refractivity contribution in [3.8, 4) is 5.75 Å². The highest BCUT2D eigenvalue weighted by atomic mass is 19.1. The summed E-state index contributed by atoms with van der Waals surface area (Å²) in [4.78, 5) is 30.9. The van der Waals surface area contributed by atoms with Crippen molar-refractivity contribution in [1.82, 2.24) is 15.1 Å². The monoisotopic (exact) mass is 521 g/mol. The summed E-state index contributed by atoms with van der Waals surface area (Å²) in [6.45, 7) is 6.29. The van der Waals surface area contributed by atoms with Gasteiger partial charge in [-0.3, -0.25) is 9.59 Å². The van der Waals surface area contributed by atoms with Gasteiger partial charge in [0.1, 0.15) is 11.6 Å². The van der Waals surface area contributed by atoms with Gasteiger partial charge in [0.2, 0.25) is 5.91 Å². The minimum atomic E-state index is -0.587. The zero-order valence-electron chi connectivity index (χ0n) is 22.5. The summed E-state index contributed by atoms with van der Waals surface area (Å²) in [5, 5.41) is 3.04. The van der Waals surface area contributed by atoms with E-state index in [0.717, 1.165) is 68.4 Å². The normalized spacial score (nSPS) is 20.8. The summed E-state index contributed by atoms with van der Waals surface area (Å²) < 4.78 is 20.0. The fourth-order valence-corrected chi connectivity index (χ4v) is 6.26. The van der Waals surface area contributed by atoms with Gasteiger partial charge in [-0.15, -0.1) is 0 Å². The second-order valence-electron chi connectivity index (χ2n) is 10.9. The van der Waals surface area contributed by atoms with Crippen molar-refractivity contribution < 1.29 is 18.7 Å². The minimum absolute atomic E-state index is 0.0626. The number of likely N-dealkylation sites (tertiary alicyclic amines) is 1. The van der Waals surface area contributed by atoms with Crippen LogP contribution >= 0.6 is 0 Å². The highest BCUT2D eigenvalue weighted by Gasteiger charge is 2.36. The second kappa shape index (κ2) is 12.3. The molecule has 1 saturated heterocycles. The van der Waals surface area contributed by atoms with Crippen molar-refractivity contribution in [3.63, 3.8) is 0 Å². The molecule has 38 heavy (non-hydrogen) atoms. The van der Waals surface area contributed by atoms with Crippen LogP contribution in [0.5, 0.6) is 5.75 Å². The number of carbonyl (C=O) groups excluding carboxylic acids is 2. The summed E-state index contributed by atoms with van der Waals surface area (Å²) >= 11 is 0. The van der Waals surface area contributed by atoms with Crippen molar-refractivity contribution in [3.05, 3.63) is 65.0 Å². The first-order valence-electron chi connectivity index (χ1n) is 14.4. The van der Waals surface area contributed by atoms with E-state index in [4.69, 9.17) is 4.74 Å². The summed E-state index contributed by atoms with van der Waals surface area (Å²) in [5.74, 6) is 0.479. The van der Waals surface area contributed by atoms with Crippen LogP contribution in [0.1, 0.15) is 74.6 Å². The fourth-order valence-electron chi connectivity index (χ4n) is 6.26. The first kappa shape index (κ1) is 26.7. The maximum Gasteiger partial charge on any atom is 0.261 e. The number of carbonyl (C=O) groups is 2. The molecule has 7 heteroatoms. The van der Waals surface area contributed by atoms with E-state index in [1.54, 1.807) is 12.1 Å². The molecule has 0 radical (unpaired) electrons. The minimum Gasteiger partial charge on any atom is -0.481 e. The topological polar surface area (TPSA) is 61.9 Å². The van der Waals surface area contributed by atoms with Gasteiger partial charge in [0.05, 0.1) is 6.04 Å². The first-order valence-corrected chi connectivity index (χ1v) is 14.4. The molecule has 0 unspecified atom stereocenters. The lowest BCUT2D eigenvalue weighted by molar-refractivity contribution is -0.137. The molecule has 0 spiro atoms. The predicted molar refractivity (Wildman–Crippen MR) is 145 cm³/mol. The van der Waals surface area contributed by atoms with Crippen molar-refractivity contribution >= 4 is 11.8 Å². The van der Waals surface area contributed by atoms with E-state index in [0.29, 0.717) is 25.3 Å². The Labute approximate surface area is 225 Å². The van der Waals surface area contributed by atoms with Crippen LogP contribution in [0.3, 0.4) is 0 Å². The average molecular weight is 522 g/mol. The van der Waals surface area contributed by atoms with Gasteiger partial charge in [-0.1, -0.05) is 38.0 Å². The number of rotatable bonds is 9. The molecular weight excluding hydrogens is 481 g/mol. The number of nitrogens with zero attached hydrogens (tertiary/aromatic N) is 2. The predicted octanol–water partition coefficient (Wildman–Crippen LogP) is 4.86. The Kier molecular flexibility index (Phi) is 8.62. The number of halogens is 1. The molecule has 2 atom stereocenters. The van der Waals surface area contributed by atoms with Crippen LogP contribution in [0.15, 0.2) is 42.5 Å². The van der Waals surface area contributed by atoms with E-state index >= 15 is 0 Å². The molecule has 0 bridgehead atoms. The van der Waals surface area contributed by atoms with Crippen molar-refractivity contribution in [2.45, 2.75) is 70.4 Å². The van der Waals surface area contributed by atoms with Gasteiger partial charge in [0.25, 0.3) is 5.91 Å². The molecule has 2 fully saturated rings. The SMILES string of the molecule is CC[C@@H](Oc1ccc2c(c1)[C@H](c1ccc(F)cc1)N(C(=O)C1CCCC1)CC2)C(=O)NCCN1CCCC1. The molecule has 1 N–H and O–H groups in total. The van der Waals surface area contributed by atoms with Crippen LogP contribution in [0.25, 0.3) is 0 Å². The summed E-state index contributed by atoms with van der Waals surface area (Å²) in [7, 11) is 0. The number of hydrogen-bond donors (Lipinski definition) is 1. The van der Waals surface area contributed by atoms with Gasteiger partial charge in [0, 0.05) is 25.6 Å². The maximum atomic E-state index is 13.8. The van der Waals surface area contributed by atoms with E-state index in [-0.39, 0.29) is 29.6 Å². The lowest BCUT2D eigenvalue weighted by atomic mass is 9.87. The van der Waals surface area contributed by atoms with Gasteiger partial charge < -0.3 is 19.9 Å². The maximum absolute atomic E-state index is 13.8. The largest absolute Gasteiger partial charge is 0.481 e. The van der Waals surface area contributed by atoms with Crippen molar-refractivity contribution in [2.75, 3.05) is 32.7 Å². The average Bonchev–Trinajstić information content (AvgIpc) is 3.66. The molecule has 2 heterocycles. The van der Waals surface area contributed by atoms with Gasteiger partial charge in [0.15, 0.2) is 6.10 Å². The molecule has 1 aliphatic carbocycles. The van der Waals surface area contributed by atoms with Gasteiger partial charge in [-0.25, -0.2) is 4.39 Å². The van der Waals surface area contributed by atoms with Crippen LogP contribution in [0.2, 0.25) is 0 Å². The van der Waals surface area contributed by atoms with Crippen molar-refractivity contribution in [1.29, 1.82) is 0 Å². The third-order valence-electron chi connectivity index (χ3n) is 8.39. The number of benzene rings is 2. The van der Waals surface area contributed by atoms with Crippen LogP contribution < -0.4 is 10.1 Å². The van der Waals surface area contributed by atoms with Crippen LogP contribution in [0.4, 0.5) is 4.39 Å². The van der Waals surface area contributed by atoms with Crippen molar-refractivity contribution in [2.24, 2.45) is 5.92 Å². The van der Waals surface area contributed by atoms with E-state index in [1.807, 2.05) is 24.0 Å². The number of hydrogen-bond acceptors (Lipinski definition) is 4. The second-order valence-corrected chi connectivity index (χ2v) is 10.9. The molecule has 2 amide bonds. The Hall–Kier alpha value is -2.93. The summed E-state index contributed by atoms with van der Waals surface area (Å²) in [6, 6.07) is 12.1. The summed E-state index contributed by atoms with van der Waals surface area (Å²) in [6.07, 6.45) is 7.26. The Bertz CT molecular complexity index is 1110. The van der Waals surface area contributed by atoms with E-state index in [2.05, 4.69) is 16.3 Å². The molecule has 0 aromatic heterocycles. The molecule has 5 rings (SSSR count). The summed E-state index contributed by atoms with van der Waals surface area (Å²) in [5.41, 5.74) is 3.05. The Balaban J connectivity index is 1.35. The first-order chi connectivity index (χ1) is 18.5. The lowest BCUT2D eigenvalue weighted by Crippen LogP contribution is -2.43. The number of amides is 2. The molecule has 2 aromatic rings. The highest BCUT2D eigenvalue weighted by Crippen LogP contribution is 2.40. The van der Waals surface area contributed by atoms with Crippen LogP contribution in [-0.4, -0.2) is 60.4 Å². The Morgan fingerprint density at radius 1 is 1.03 bits per heavy atom. The van der Waals surface area contributed by atoms with E-state index in [9.17, 15) is 14.0 Å². The standard InChI is InChI=1S/C31H40FN3O3/c1-2-28(30(36)33-16-20-34-17-5-6-18-34)38-26-14-11-22-15-19-35(31(37)24-7-3-4-8-24)29(27(22)21-26)23-9-12-25(32)13-10-23/h9-14,21,24,28-29H,2-8,15-20H2,1H3,(H,33,36)/t28-,29+/m1/s1. The molecule has 204 valence electrons. The van der Waals surface area contributed by atoms with E-state index < -0.39 is 6.10 Å². The quantitative estimate of drug-likeness (QED) is 0.512. The zero-order chi connectivity index (χ0) is 26.5. The molecule has 3 aliphatic rings. The fraction of sp³-hybridized carbons (Fsp3) is 0.548.